The third kappa shape index (κ3) is 5.32. The van der Waals surface area contributed by atoms with Gasteiger partial charge in [-0.2, -0.15) is 0 Å². The molecule has 2 rings (SSSR count). The lowest BCUT2D eigenvalue weighted by molar-refractivity contribution is 0.199. The molecule has 1 aromatic carbocycles. The molecule has 5 heteroatoms. The fourth-order valence-electron chi connectivity index (χ4n) is 1.95. The molecule has 0 saturated heterocycles. The summed E-state index contributed by atoms with van der Waals surface area (Å²) in [5, 5.41) is 6.11. The zero-order chi connectivity index (χ0) is 14.9. The van der Waals surface area contributed by atoms with Crippen molar-refractivity contribution in [2.75, 3.05) is 26.9 Å². The van der Waals surface area contributed by atoms with E-state index in [9.17, 15) is 0 Å². The number of ether oxygens (including phenoxy) is 2. The van der Waals surface area contributed by atoms with Gasteiger partial charge >= 0.3 is 0 Å². The average molecular weight is 326 g/mol. The average Bonchev–Trinajstić information content (AvgIpc) is 2.99. The molecule has 0 atom stereocenters. The molecule has 0 radical (unpaired) electrons. The van der Waals surface area contributed by atoms with Crippen LogP contribution in [0.4, 0.5) is 0 Å². The van der Waals surface area contributed by atoms with Crippen molar-refractivity contribution < 1.29 is 9.47 Å². The van der Waals surface area contributed by atoms with E-state index in [-0.39, 0.29) is 0 Å². The number of hydrogen-bond acceptors (Lipinski definition) is 4. The molecule has 0 unspecified atom stereocenters. The summed E-state index contributed by atoms with van der Waals surface area (Å²) < 4.78 is 10.9. The van der Waals surface area contributed by atoms with Gasteiger partial charge in [-0.15, -0.1) is 11.3 Å². The Kier molecular flexibility index (Phi) is 7.03. The molecule has 3 nitrogen and oxygen atoms in total. The number of thiophene rings is 1. The van der Waals surface area contributed by atoms with Crippen LogP contribution in [0.15, 0.2) is 35.7 Å². The SMILES string of the molecule is COCCNCc1c(Cl)cccc1OCCc1cccs1. The van der Waals surface area contributed by atoms with Crippen LogP contribution in [0.5, 0.6) is 5.75 Å². The number of nitrogens with one attached hydrogen (secondary N) is 1. The van der Waals surface area contributed by atoms with Crippen LogP contribution in [0, 0.1) is 0 Å². The third-order valence-corrected chi connectivity index (χ3v) is 4.34. The van der Waals surface area contributed by atoms with Crippen LogP contribution in [-0.2, 0) is 17.7 Å². The molecule has 0 aliphatic heterocycles. The van der Waals surface area contributed by atoms with E-state index in [1.807, 2.05) is 18.2 Å². The van der Waals surface area contributed by atoms with E-state index in [2.05, 4.69) is 22.8 Å². The Bertz CT molecular complexity index is 531. The van der Waals surface area contributed by atoms with Crippen molar-refractivity contribution >= 4 is 22.9 Å². The maximum atomic E-state index is 6.27. The van der Waals surface area contributed by atoms with E-state index in [1.54, 1.807) is 18.4 Å². The first-order valence-corrected chi connectivity index (χ1v) is 8.19. The second kappa shape index (κ2) is 9.05. The lowest BCUT2D eigenvalue weighted by Crippen LogP contribution is -2.19. The van der Waals surface area contributed by atoms with Crippen LogP contribution >= 0.6 is 22.9 Å². The van der Waals surface area contributed by atoms with Gasteiger partial charge in [-0.1, -0.05) is 23.7 Å². The van der Waals surface area contributed by atoms with E-state index in [1.165, 1.54) is 4.88 Å². The summed E-state index contributed by atoms with van der Waals surface area (Å²) in [6, 6.07) is 9.96. The van der Waals surface area contributed by atoms with Crippen LogP contribution in [0.3, 0.4) is 0 Å². The van der Waals surface area contributed by atoms with Crippen molar-refractivity contribution in [1.82, 2.24) is 5.32 Å². The normalized spacial score (nSPS) is 10.8. The molecular formula is C16H20ClNO2S. The van der Waals surface area contributed by atoms with Gasteiger partial charge in [-0.25, -0.2) is 0 Å². The second-order valence-corrected chi connectivity index (χ2v) is 6.00. The van der Waals surface area contributed by atoms with Gasteiger partial charge in [0.25, 0.3) is 0 Å². The highest BCUT2D eigenvalue weighted by Crippen LogP contribution is 2.26. The van der Waals surface area contributed by atoms with Gasteiger partial charge in [-0.3, -0.25) is 0 Å². The molecule has 114 valence electrons. The summed E-state index contributed by atoms with van der Waals surface area (Å²) in [4.78, 5) is 1.33. The van der Waals surface area contributed by atoms with E-state index >= 15 is 0 Å². The molecule has 1 heterocycles. The standard InChI is InChI=1S/C16H20ClNO2S/c1-19-10-8-18-12-14-15(17)5-2-6-16(14)20-9-7-13-4-3-11-21-13/h2-6,11,18H,7-10,12H2,1H3. The molecule has 0 aliphatic rings. The van der Waals surface area contributed by atoms with E-state index in [0.29, 0.717) is 19.8 Å². The van der Waals surface area contributed by atoms with E-state index in [0.717, 1.165) is 29.3 Å². The van der Waals surface area contributed by atoms with Gasteiger partial charge in [-0.05, 0) is 23.6 Å². The zero-order valence-corrected chi connectivity index (χ0v) is 13.7. The minimum Gasteiger partial charge on any atom is -0.493 e. The van der Waals surface area contributed by atoms with Crippen LogP contribution in [0.1, 0.15) is 10.4 Å². The molecule has 21 heavy (non-hydrogen) atoms. The van der Waals surface area contributed by atoms with Crippen molar-refractivity contribution in [1.29, 1.82) is 0 Å². The van der Waals surface area contributed by atoms with Gasteiger partial charge in [0.1, 0.15) is 5.75 Å². The maximum absolute atomic E-state index is 6.27. The highest BCUT2D eigenvalue weighted by Gasteiger charge is 2.08. The first-order chi connectivity index (χ1) is 10.3. The summed E-state index contributed by atoms with van der Waals surface area (Å²) in [6.45, 7) is 2.80. The number of hydrogen-bond donors (Lipinski definition) is 1. The highest BCUT2D eigenvalue weighted by molar-refractivity contribution is 7.09. The van der Waals surface area contributed by atoms with Crippen LogP contribution < -0.4 is 10.1 Å². The molecule has 0 bridgehead atoms. The highest BCUT2D eigenvalue weighted by atomic mass is 35.5. The molecule has 1 N–H and O–H groups in total. The fourth-order valence-corrected chi connectivity index (χ4v) is 2.87. The molecule has 0 saturated carbocycles. The zero-order valence-electron chi connectivity index (χ0n) is 12.1. The van der Waals surface area contributed by atoms with Gasteiger partial charge < -0.3 is 14.8 Å². The fraction of sp³-hybridized carbons (Fsp3) is 0.375. The lowest BCUT2D eigenvalue weighted by atomic mass is 10.2. The quantitative estimate of drug-likeness (QED) is 0.712. The number of methoxy groups -OCH3 is 1. The number of halogens is 1. The Hall–Kier alpha value is -1.07. The Balaban J connectivity index is 1.89. The molecule has 0 fully saturated rings. The molecule has 0 amide bonds. The smallest absolute Gasteiger partial charge is 0.125 e. The molecular weight excluding hydrogens is 306 g/mol. The minimum absolute atomic E-state index is 0.659. The monoisotopic (exact) mass is 325 g/mol. The molecule has 0 aliphatic carbocycles. The van der Waals surface area contributed by atoms with Crippen molar-refractivity contribution in [3.05, 3.63) is 51.2 Å². The van der Waals surface area contributed by atoms with Crippen LogP contribution in [0.2, 0.25) is 5.02 Å². The van der Waals surface area contributed by atoms with Crippen LogP contribution in [-0.4, -0.2) is 26.9 Å². The lowest BCUT2D eigenvalue weighted by Gasteiger charge is -2.13. The largest absolute Gasteiger partial charge is 0.493 e. The minimum atomic E-state index is 0.659. The summed E-state index contributed by atoms with van der Waals surface area (Å²) in [6.07, 6.45) is 0.917. The Morgan fingerprint density at radius 3 is 2.86 bits per heavy atom. The first kappa shape index (κ1) is 16.3. The van der Waals surface area contributed by atoms with Gasteiger partial charge in [0.2, 0.25) is 0 Å². The summed E-state index contributed by atoms with van der Waals surface area (Å²) >= 11 is 8.02. The van der Waals surface area contributed by atoms with Crippen molar-refractivity contribution in [2.24, 2.45) is 0 Å². The van der Waals surface area contributed by atoms with Crippen molar-refractivity contribution in [3.63, 3.8) is 0 Å². The number of rotatable bonds is 9. The molecule has 2 aromatic rings. The van der Waals surface area contributed by atoms with Crippen LogP contribution in [0.25, 0.3) is 0 Å². The summed E-state index contributed by atoms with van der Waals surface area (Å²) in [5.41, 5.74) is 1.00. The summed E-state index contributed by atoms with van der Waals surface area (Å²) in [7, 11) is 1.69. The van der Waals surface area contributed by atoms with E-state index in [4.69, 9.17) is 21.1 Å². The summed E-state index contributed by atoms with van der Waals surface area (Å²) in [5.74, 6) is 0.851. The molecule has 1 aromatic heterocycles. The predicted molar refractivity (Wildman–Crippen MR) is 88.6 cm³/mol. The third-order valence-electron chi connectivity index (χ3n) is 3.05. The molecule has 0 spiro atoms. The van der Waals surface area contributed by atoms with Gasteiger partial charge in [0, 0.05) is 42.1 Å². The topological polar surface area (TPSA) is 30.5 Å². The Labute approximate surface area is 134 Å². The maximum Gasteiger partial charge on any atom is 0.125 e. The van der Waals surface area contributed by atoms with E-state index < -0.39 is 0 Å². The number of benzene rings is 1. The predicted octanol–water partition coefficient (Wildman–Crippen LogP) is 3.76. The Morgan fingerprint density at radius 2 is 2.10 bits per heavy atom. The first-order valence-electron chi connectivity index (χ1n) is 6.93. The van der Waals surface area contributed by atoms with Crippen molar-refractivity contribution in [2.45, 2.75) is 13.0 Å². The van der Waals surface area contributed by atoms with Crippen molar-refractivity contribution in [3.8, 4) is 5.75 Å². The van der Waals surface area contributed by atoms with Gasteiger partial charge in [0.05, 0.1) is 13.2 Å². The van der Waals surface area contributed by atoms with Gasteiger partial charge in [0.15, 0.2) is 0 Å². The second-order valence-electron chi connectivity index (χ2n) is 4.56. The Morgan fingerprint density at radius 1 is 1.19 bits per heavy atom.